The van der Waals surface area contributed by atoms with Crippen molar-refractivity contribution in [2.24, 2.45) is 0 Å². The van der Waals surface area contributed by atoms with Crippen LogP contribution in [0.4, 0.5) is 14.5 Å². The van der Waals surface area contributed by atoms with Crippen LogP contribution in [-0.4, -0.2) is 18.5 Å². The molecule has 3 rings (SSSR count). The van der Waals surface area contributed by atoms with Gasteiger partial charge in [-0.1, -0.05) is 36.4 Å². The van der Waals surface area contributed by atoms with Gasteiger partial charge in [0.15, 0.2) is 6.61 Å². The number of anilines is 1. The van der Waals surface area contributed by atoms with Crippen LogP contribution < -0.4 is 10.1 Å². The lowest BCUT2D eigenvalue weighted by atomic mass is 10.2. The summed E-state index contributed by atoms with van der Waals surface area (Å²) in [6, 6.07) is 18.6. The maximum atomic E-state index is 13.5. The standard InChI is InChI=1S/C22H17F2NO4/c23-17-9-10-20(19(24)12-17)25-21(26)14-29-22(27)16-7-4-8-18(11-16)28-13-15-5-2-1-3-6-15/h1-12H,13-14H2,(H,25,26). The molecule has 1 amide bonds. The molecule has 0 aliphatic rings. The lowest BCUT2D eigenvalue weighted by molar-refractivity contribution is -0.119. The average molecular weight is 397 g/mol. The van der Waals surface area contributed by atoms with E-state index in [9.17, 15) is 18.4 Å². The van der Waals surface area contributed by atoms with E-state index in [-0.39, 0.29) is 11.3 Å². The smallest absolute Gasteiger partial charge is 0.338 e. The lowest BCUT2D eigenvalue weighted by Crippen LogP contribution is -2.21. The Morgan fingerprint density at radius 1 is 0.897 bits per heavy atom. The normalized spacial score (nSPS) is 10.3. The van der Waals surface area contributed by atoms with Crippen LogP contribution in [0.3, 0.4) is 0 Å². The highest BCUT2D eigenvalue weighted by Gasteiger charge is 2.13. The Morgan fingerprint density at radius 3 is 2.45 bits per heavy atom. The zero-order valence-corrected chi connectivity index (χ0v) is 15.2. The number of hydrogen-bond acceptors (Lipinski definition) is 4. The quantitative estimate of drug-likeness (QED) is 0.603. The molecule has 0 fully saturated rings. The minimum atomic E-state index is -0.923. The van der Waals surface area contributed by atoms with Crippen molar-refractivity contribution in [3.63, 3.8) is 0 Å². The number of rotatable bonds is 7. The van der Waals surface area contributed by atoms with Crippen molar-refractivity contribution in [3.8, 4) is 5.75 Å². The Kier molecular flexibility index (Phi) is 6.52. The van der Waals surface area contributed by atoms with Gasteiger partial charge in [0.2, 0.25) is 0 Å². The maximum Gasteiger partial charge on any atom is 0.338 e. The number of esters is 1. The minimum Gasteiger partial charge on any atom is -0.489 e. The highest BCUT2D eigenvalue weighted by molar-refractivity contribution is 5.95. The number of ether oxygens (including phenoxy) is 2. The molecule has 0 aliphatic heterocycles. The summed E-state index contributed by atoms with van der Waals surface area (Å²) in [4.78, 5) is 24.0. The predicted molar refractivity (Wildman–Crippen MR) is 102 cm³/mol. The highest BCUT2D eigenvalue weighted by atomic mass is 19.1. The first-order valence-electron chi connectivity index (χ1n) is 8.70. The third-order valence-corrected chi connectivity index (χ3v) is 3.86. The molecule has 148 valence electrons. The molecular formula is C22H17F2NO4. The summed E-state index contributed by atoms with van der Waals surface area (Å²) < 4.78 is 37.0. The Labute approximate surface area is 165 Å². The molecule has 0 bridgehead atoms. The molecule has 1 N–H and O–H groups in total. The number of halogens is 2. The first-order chi connectivity index (χ1) is 14.0. The van der Waals surface area contributed by atoms with Gasteiger partial charge in [-0.2, -0.15) is 0 Å². The van der Waals surface area contributed by atoms with Crippen LogP contribution in [0.1, 0.15) is 15.9 Å². The molecule has 0 unspecified atom stereocenters. The summed E-state index contributed by atoms with van der Waals surface area (Å²) in [6.45, 7) is -0.282. The van der Waals surface area contributed by atoms with Crippen LogP contribution >= 0.6 is 0 Å². The van der Waals surface area contributed by atoms with Gasteiger partial charge < -0.3 is 14.8 Å². The topological polar surface area (TPSA) is 64.6 Å². The van der Waals surface area contributed by atoms with Crippen molar-refractivity contribution in [2.45, 2.75) is 6.61 Å². The number of nitrogens with one attached hydrogen (secondary N) is 1. The van der Waals surface area contributed by atoms with Gasteiger partial charge >= 0.3 is 5.97 Å². The largest absolute Gasteiger partial charge is 0.489 e. The van der Waals surface area contributed by atoms with E-state index in [0.29, 0.717) is 18.4 Å². The van der Waals surface area contributed by atoms with Gasteiger partial charge in [-0.3, -0.25) is 4.79 Å². The first-order valence-corrected chi connectivity index (χ1v) is 8.70. The molecule has 0 aliphatic carbocycles. The van der Waals surface area contributed by atoms with Gasteiger partial charge in [-0.15, -0.1) is 0 Å². The lowest BCUT2D eigenvalue weighted by Gasteiger charge is -2.09. The van der Waals surface area contributed by atoms with Gasteiger partial charge in [-0.25, -0.2) is 13.6 Å². The second-order valence-corrected chi connectivity index (χ2v) is 6.05. The Morgan fingerprint density at radius 2 is 1.69 bits per heavy atom. The first kappa shape index (κ1) is 20.0. The third kappa shape index (κ3) is 5.87. The van der Waals surface area contributed by atoms with E-state index in [1.165, 1.54) is 12.1 Å². The van der Waals surface area contributed by atoms with Gasteiger partial charge in [0.1, 0.15) is 24.0 Å². The zero-order chi connectivity index (χ0) is 20.6. The molecule has 0 saturated heterocycles. The molecular weight excluding hydrogens is 380 g/mol. The number of benzene rings is 3. The molecule has 0 heterocycles. The van der Waals surface area contributed by atoms with Gasteiger partial charge in [0.05, 0.1) is 11.3 Å². The van der Waals surface area contributed by atoms with Crippen molar-refractivity contribution in [1.82, 2.24) is 0 Å². The van der Waals surface area contributed by atoms with E-state index in [0.717, 1.165) is 17.7 Å². The molecule has 0 saturated carbocycles. The van der Waals surface area contributed by atoms with Crippen LogP contribution in [0.2, 0.25) is 0 Å². The van der Waals surface area contributed by atoms with Crippen molar-refractivity contribution in [1.29, 1.82) is 0 Å². The number of carbonyl (C=O) groups excluding carboxylic acids is 2. The SMILES string of the molecule is O=C(COC(=O)c1cccc(OCc2ccccc2)c1)Nc1ccc(F)cc1F. The van der Waals surface area contributed by atoms with Gasteiger partial charge in [-0.05, 0) is 35.9 Å². The Balaban J connectivity index is 1.53. The Hall–Kier alpha value is -3.74. The van der Waals surface area contributed by atoms with Crippen molar-refractivity contribution < 1.29 is 27.8 Å². The van der Waals surface area contributed by atoms with E-state index in [2.05, 4.69) is 5.32 Å². The molecule has 3 aromatic carbocycles. The predicted octanol–water partition coefficient (Wildman–Crippen LogP) is 4.34. The van der Waals surface area contributed by atoms with Gasteiger partial charge in [0.25, 0.3) is 5.91 Å². The monoisotopic (exact) mass is 397 g/mol. The summed E-state index contributed by atoms with van der Waals surface area (Å²) in [5.74, 6) is -2.69. The van der Waals surface area contributed by atoms with E-state index >= 15 is 0 Å². The molecule has 0 spiro atoms. The van der Waals surface area contributed by atoms with Crippen molar-refractivity contribution in [2.75, 3.05) is 11.9 Å². The summed E-state index contributed by atoms with van der Waals surface area (Å²) in [5.41, 5.74) is 0.977. The Bertz CT molecular complexity index is 1010. The molecule has 0 radical (unpaired) electrons. The number of carbonyl (C=O) groups is 2. The summed E-state index contributed by atoms with van der Waals surface area (Å²) in [6.07, 6.45) is 0. The number of hydrogen-bond donors (Lipinski definition) is 1. The van der Waals surface area contributed by atoms with Crippen LogP contribution in [0.5, 0.6) is 5.75 Å². The van der Waals surface area contributed by atoms with Crippen LogP contribution in [-0.2, 0) is 16.1 Å². The third-order valence-electron chi connectivity index (χ3n) is 3.86. The van der Waals surface area contributed by atoms with E-state index in [4.69, 9.17) is 9.47 Å². The minimum absolute atomic E-state index is 0.205. The molecule has 7 heteroatoms. The fourth-order valence-corrected chi connectivity index (χ4v) is 2.45. The maximum absolute atomic E-state index is 13.5. The fraction of sp³-hybridized carbons (Fsp3) is 0.0909. The van der Waals surface area contributed by atoms with Crippen LogP contribution in [0.15, 0.2) is 72.8 Å². The molecule has 5 nitrogen and oxygen atoms in total. The average Bonchev–Trinajstić information content (AvgIpc) is 2.73. The van der Waals surface area contributed by atoms with Crippen LogP contribution in [0.25, 0.3) is 0 Å². The second kappa shape index (κ2) is 9.45. The van der Waals surface area contributed by atoms with Gasteiger partial charge in [0, 0.05) is 6.07 Å². The highest BCUT2D eigenvalue weighted by Crippen LogP contribution is 2.17. The zero-order valence-electron chi connectivity index (χ0n) is 15.2. The number of amides is 1. The second-order valence-electron chi connectivity index (χ2n) is 6.05. The summed E-state index contributed by atoms with van der Waals surface area (Å²) >= 11 is 0. The summed E-state index contributed by atoms with van der Waals surface area (Å²) in [7, 11) is 0. The van der Waals surface area contributed by atoms with Crippen molar-refractivity contribution in [3.05, 3.63) is 95.6 Å². The fourth-order valence-electron chi connectivity index (χ4n) is 2.45. The summed E-state index contributed by atoms with van der Waals surface area (Å²) in [5, 5.41) is 2.21. The van der Waals surface area contributed by atoms with E-state index in [1.807, 2.05) is 30.3 Å². The van der Waals surface area contributed by atoms with E-state index < -0.39 is 30.1 Å². The molecule has 0 aromatic heterocycles. The molecule has 0 atom stereocenters. The van der Waals surface area contributed by atoms with Crippen LogP contribution in [0, 0.1) is 11.6 Å². The van der Waals surface area contributed by atoms with Crippen molar-refractivity contribution >= 4 is 17.6 Å². The van der Waals surface area contributed by atoms with E-state index in [1.54, 1.807) is 12.1 Å². The molecule has 3 aromatic rings. The molecule has 29 heavy (non-hydrogen) atoms.